The van der Waals surface area contributed by atoms with Crippen LogP contribution in [0.2, 0.25) is 10.0 Å². The zero-order valence-electron chi connectivity index (χ0n) is 15.2. The molecule has 5 nitrogen and oxygen atoms in total. The normalized spacial score (nSPS) is 19.5. The number of nitrogens with two attached hydrogens (primary N) is 1. The van der Waals surface area contributed by atoms with E-state index in [1.807, 2.05) is 12.1 Å². The van der Waals surface area contributed by atoms with Crippen molar-refractivity contribution in [3.8, 4) is 11.3 Å². The molecule has 3 N–H and O–H groups in total. The van der Waals surface area contributed by atoms with Gasteiger partial charge in [0, 0.05) is 31.5 Å². The van der Waals surface area contributed by atoms with Gasteiger partial charge < -0.3 is 15.8 Å². The Morgan fingerprint density at radius 3 is 2.67 bits per heavy atom. The van der Waals surface area contributed by atoms with E-state index in [-0.39, 0.29) is 0 Å². The first-order valence-electron chi connectivity index (χ1n) is 9.47. The van der Waals surface area contributed by atoms with E-state index in [1.54, 1.807) is 6.07 Å². The highest BCUT2D eigenvalue weighted by atomic mass is 35.5. The summed E-state index contributed by atoms with van der Waals surface area (Å²) in [7, 11) is 0. The summed E-state index contributed by atoms with van der Waals surface area (Å²) in [6.45, 7) is 2.61. The second-order valence-corrected chi connectivity index (χ2v) is 8.39. The summed E-state index contributed by atoms with van der Waals surface area (Å²) in [5.41, 5.74) is 7.42. The second-order valence-electron chi connectivity index (χ2n) is 7.57. The Balaban J connectivity index is 1.57. The SMILES string of the molecule is Nc1cc(-c2nc(NCC3(C4CCC4)CCOCC3)ccc2Cl)c(Cl)cn1. The number of aromatic nitrogens is 2. The summed E-state index contributed by atoms with van der Waals surface area (Å²) < 4.78 is 5.62. The molecule has 1 aliphatic carbocycles. The molecule has 2 aliphatic rings. The lowest BCUT2D eigenvalue weighted by atomic mass is 9.61. The van der Waals surface area contributed by atoms with E-state index >= 15 is 0 Å². The average molecular weight is 407 g/mol. The van der Waals surface area contributed by atoms with Crippen LogP contribution in [-0.2, 0) is 4.74 Å². The summed E-state index contributed by atoms with van der Waals surface area (Å²) >= 11 is 12.7. The van der Waals surface area contributed by atoms with E-state index in [9.17, 15) is 0 Å². The molecule has 1 saturated heterocycles. The van der Waals surface area contributed by atoms with Gasteiger partial charge in [0.05, 0.1) is 15.7 Å². The predicted molar refractivity (Wildman–Crippen MR) is 110 cm³/mol. The molecule has 0 spiro atoms. The van der Waals surface area contributed by atoms with Crippen LogP contribution in [0.3, 0.4) is 0 Å². The van der Waals surface area contributed by atoms with Crippen LogP contribution in [0.25, 0.3) is 11.3 Å². The predicted octanol–water partition coefficient (Wildman–Crippen LogP) is 5.04. The van der Waals surface area contributed by atoms with Gasteiger partial charge in [-0.25, -0.2) is 9.97 Å². The summed E-state index contributed by atoms with van der Waals surface area (Å²) in [6, 6.07) is 5.46. The highest BCUT2D eigenvalue weighted by molar-refractivity contribution is 6.36. The molecule has 2 aromatic rings. The number of nitrogens with zero attached hydrogens (tertiary/aromatic N) is 2. The van der Waals surface area contributed by atoms with E-state index in [0.717, 1.165) is 44.3 Å². The molecule has 0 amide bonds. The monoisotopic (exact) mass is 406 g/mol. The van der Waals surface area contributed by atoms with Crippen molar-refractivity contribution in [2.75, 3.05) is 30.8 Å². The van der Waals surface area contributed by atoms with Gasteiger partial charge >= 0.3 is 0 Å². The van der Waals surface area contributed by atoms with E-state index in [1.165, 1.54) is 25.5 Å². The molecule has 7 heteroatoms. The summed E-state index contributed by atoms with van der Waals surface area (Å²) in [4.78, 5) is 8.73. The van der Waals surface area contributed by atoms with Crippen molar-refractivity contribution in [3.05, 3.63) is 34.4 Å². The van der Waals surface area contributed by atoms with E-state index in [4.69, 9.17) is 38.7 Å². The topological polar surface area (TPSA) is 73.1 Å². The highest BCUT2D eigenvalue weighted by Gasteiger charge is 2.42. The van der Waals surface area contributed by atoms with Crippen molar-refractivity contribution in [1.29, 1.82) is 0 Å². The van der Waals surface area contributed by atoms with Crippen molar-refractivity contribution in [2.45, 2.75) is 32.1 Å². The van der Waals surface area contributed by atoms with Crippen LogP contribution in [0, 0.1) is 11.3 Å². The molecule has 0 bridgehead atoms. The minimum atomic E-state index is 0.302. The number of halogens is 2. The first-order valence-corrected chi connectivity index (χ1v) is 10.2. The third-order valence-electron chi connectivity index (χ3n) is 6.06. The zero-order valence-corrected chi connectivity index (χ0v) is 16.7. The van der Waals surface area contributed by atoms with Crippen LogP contribution < -0.4 is 11.1 Å². The van der Waals surface area contributed by atoms with Crippen LogP contribution in [0.15, 0.2) is 24.4 Å². The van der Waals surface area contributed by atoms with Gasteiger partial charge in [-0.1, -0.05) is 29.6 Å². The lowest BCUT2D eigenvalue weighted by molar-refractivity contribution is -0.0332. The fourth-order valence-electron chi connectivity index (χ4n) is 4.16. The molecule has 0 unspecified atom stereocenters. The third kappa shape index (κ3) is 3.86. The fourth-order valence-corrected chi connectivity index (χ4v) is 4.56. The quantitative estimate of drug-likeness (QED) is 0.726. The Morgan fingerprint density at radius 2 is 1.96 bits per heavy atom. The Hall–Kier alpha value is -1.56. The maximum Gasteiger partial charge on any atom is 0.126 e. The maximum absolute atomic E-state index is 6.39. The molecule has 3 heterocycles. The lowest BCUT2D eigenvalue weighted by Crippen LogP contribution is -2.44. The van der Waals surface area contributed by atoms with Gasteiger partial charge in [0.25, 0.3) is 0 Å². The molecule has 4 rings (SSSR count). The molecule has 0 radical (unpaired) electrons. The number of nitrogen functional groups attached to an aromatic ring is 1. The number of hydrogen-bond donors (Lipinski definition) is 2. The van der Waals surface area contributed by atoms with Crippen LogP contribution in [0.4, 0.5) is 11.6 Å². The molecule has 2 aromatic heterocycles. The molecular formula is C20H24Cl2N4O. The molecule has 1 saturated carbocycles. The highest BCUT2D eigenvalue weighted by Crippen LogP contribution is 2.48. The van der Waals surface area contributed by atoms with Gasteiger partial charge in [-0.05, 0) is 55.2 Å². The summed E-state index contributed by atoms with van der Waals surface area (Å²) in [5.74, 6) is 1.97. The van der Waals surface area contributed by atoms with Crippen LogP contribution in [-0.4, -0.2) is 29.7 Å². The lowest BCUT2D eigenvalue weighted by Gasteiger charge is -2.48. The number of pyridine rings is 2. The molecule has 0 atom stereocenters. The summed E-state index contributed by atoms with van der Waals surface area (Å²) in [5, 5.41) is 4.57. The van der Waals surface area contributed by atoms with Crippen LogP contribution in [0.5, 0.6) is 0 Å². The zero-order chi connectivity index (χ0) is 18.9. The molecule has 1 aliphatic heterocycles. The smallest absolute Gasteiger partial charge is 0.126 e. The van der Waals surface area contributed by atoms with Crippen LogP contribution >= 0.6 is 23.2 Å². The number of ether oxygens (including phenoxy) is 1. The standard InChI is InChI=1S/C20H24Cl2N4O/c21-15-4-5-18(26-19(15)14-10-17(23)24-11-16(14)22)25-12-20(13-2-1-3-13)6-8-27-9-7-20/h4-5,10-11,13H,1-3,6-9,12H2,(H2,23,24)(H,25,26). The van der Waals surface area contributed by atoms with Gasteiger partial charge in [-0.3, -0.25) is 0 Å². The number of rotatable bonds is 5. The van der Waals surface area contributed by atoms with Gasteiger partial charge in [0.15, 0.2) is 0 Å². The van der Waals surface area contributed by atoms with Gasteiger partial charge in [-0.15, -0.1) is 0 Å². The molecule has 2 fully saturated rings. The first-order chi connectivity index (χ1) is 13.1. The maximum atomic E-state index is 6.39. The Morgan fingerprint density at radius 1 is 1.19 bits per heavy atom. The summed E-state index contributed by atoms with van der Waals surface area (Å²) in [6.07, 6.45) is 7.74. The van der Waals surface area contributed by atoms with Crippen molar-refractivity contribution in [1.82, 2.24) is 9.97 Å². The Bertz CT molecular complexity index is 820. The molecule has 144 valence electrons. The van der Waals surface area contributed by atoms with Gasteiger partial charge in [-0.2, -0.15) is 0 Å². The van der Waals surface area contributed by atoms with E-state index in [2.05, 4.69) is 10.3 Å². The Labute approximate surface area is 169 Å². The molecule has 0 aromatic carbocycles. The minimum absolute atomic E-state index is 0.302. The largest absolute Gasteiger partial charge is 0.384 e. The minimum Gasteiger partial charge on any atom is -0.384 e. The van der Waals surface area contributed by atoms with E-state index in [0.29, 0.717) is 32.5 Å². The number of nitrogens with one attached hydrogen (secondary N) is 1. The van der Waals surface area contributed by atoms with E-state index < -0.39 is 0 Å². The van der Waals surface area contributed by atoms with Gasteiger partial charge in [0.2, 0.25) is 0 Å². The van der Waals surface area contributed by atoms with Crippen LogP contribution in [0.1, 0.15) is 32.1 Å². The fraction of sp³-hybridized carbons (Fsp3) is 0.500. The third-order valence-corrected chi connectivity index (χ3v) is 6.67. The molecular weight excluding hydrogens is 383 g/mol. The molecule has 27 heavy (non-hydrogen) atoms. The Kier molecular flexibility index (Phi) is 5.44. The van der Waals surface area contributed by atoms with Crippen molar-refractivity contribution >= 4 is 34.8 Å². The number of anilines is 2. The van der Waals surface area contributed by atoms with Gasteiger partial charge in [0.1, 0.15) is 11.6 Å². The van der Waals surface area contributed by atoms with Crippen molar-refractivity contribution in [2.24, 2.45) is 11.3 Å². The number of hydrogen-bond acceptors (Lipinski definition) is 5. The second kappa shape index (κ2) is 7.82. The van der Waals surface area contributed by atoms with Crippen molar-refractivity contribution < 1.29 is 4.74 Å². The first kappa shape index (κ1) is 18.8. The van der Waals surface area contributed by atoms with Crippen molar-refractivity contribution in [3.63, 3.8) is 0 Å². The average Bonchev–Trinajstić information content (AvgIpc) is 2.63.